The van der Waals surface area contributed by atoms with Crippen LogP contribution in [0.3, 0.4) is 0 Å². The summed E-state index contributed by atoms with van der Waals surface area (Å²) in [7, 11) is 3.21. The van der Waals surface area contributed by atoms with E-state index in [4.69, 9.17) is 4.74 Å². The molecule has 0 fully saturated rings. The lowest BCUT2D eigenvalue weighted by molar-refractivity contribution is -0.122. The number of ether oxygens (including phenoxy) is 1. The molecule has 0 bridgehead atoms. The van der Waals surface area contributed by atoms with E-state index in [0.29, 0.717) is 11.3 Å². The van der Waals surface area contributed by atoms with Crippen molar-refractivity contribution in [1.82, 2.24) is 20.0 Å². The van der Waals surface area contributed by atoms with Crippen molar-refractivity contribution in [1.29, 1.82) is 0 Å². The molecule has 0 atom stereocenters. The lowest BCUT2D eigenvalue weighted by Gasteiger charge is -2.17. The molecule has 2 aromatic carbocycles. The molecular formula is C23H26N4O3. The number of para-hydroxylation sites is 1. The van der Waals surface area contributed by atoms with E-state index in [2.05, 4.69) is 10.4 Å². The average molecular weight is 406 g/mol. The third kappa shape index (κ3) is 4.86. The number of amides is 2. The van der Waals surface area contributed by atoms with Crippen molar-refractivity contribution in [3.8, 4) is 22.7 Å². The molecule has 0 aliphatic carbocycles. The Morgan fingerprint density at radius 1 is 1.10 bits per heavy atom. The number of carbonyl (C=O) groups is 2. The van der Waals surface area contributed by atoms with Gasteiger partial charge in [-0.2, -0.15) is 5.10 Å². The van der Waals surface area contributed by atoms with Gasteiger partial charge in [0.15, 0.2) is 0 Å². The highest BCUT2D eigenvalue weighted by Gasteiger charge is 2.23. The van der Waals surface area contributed by atoms with Crippen LogP contribution < -0.4 is 10.1 Å². The molecule has 3 rings (SSSR count). The molecule has 7 nitrogen and oxygen atoms in total. The Kier molecular flexibility index (Phi) is 6.51. The van der Waals surface area contributed by atoms with Gasteiger partial charge in [-0.25, -0.2) is 4.68 Å². The monoisotopic (exact) mass is 406 g/mol. The number of carbonyl (C=O) groups excluding carboxylic acids is 2. The zero-order chi connectivity index (χ0) is 21.7. The van der Waals surface area contributed by atoms with E-state index in [1.165, 1.54) is 4.90 Å². The molecule has 1 aromatic heterocycles. The second-order valence-corrected chi connectivity index (χ2v) is 7.28. The smallest absolute Gasteiger partial charge is 0.257 e. The SMILES string of the molecule is COc1ccc(-c2nn(-c3ccccc3)cc2C(=O)N(C)CC(=O)NC(C)C)cc1. The van der Waals surface area contributed by atoms with E-state index >= 15 is 0 Å². The molecular weight excluding hydrogens is 380 g/mol. The van der Waals surface area contributed by atoms with Crippen LogP contribution >= 0.6 is 0 Å². The van der Waals surface area contributed by atoms with Crippen LogP contribution in [0, 0.1) is 0 Å². The number of likely N-dealkylation sites (N-methyl/N-ethyl adjacent to an activating group) is 1. The van der Waals surface area contributed by atoms with Gasteiger partial charge in [-0.3, -0.25) is 9.59 Å². The van der Waals surface area contributed by atoms with Crippen molar-refractivity contribution in [2.75, 3.05) is 20.7 Å². The van der Waals surface area contributed by atoms with Gasteiger partial charge in [-0.1, -0.05) is 18.2 Å². The Balaban J connectivity index is 1.97. The number of aromatic nitrogens is 2. The third-order valence-corrected chi connectivity index (χ3v) is 4.51. The predicted molar refractivity (Wildman–Crippen MR) is 116 cm³/mol. The number of hydrogen-bond acceptors (Lipinski definition) is 4. The molecule has 7 heteroatoms. The van der Waals surface area contributed by atoms with Crippen LogP contribution in [0.1, 0.15) is 24.2 Å². The number of nitrogens with one attached hydrogen (secondary N) is 1. The van der Waals surface area contributed by atoms with Crippen LogP contribution in [0.2, 0.25) is 0 Å². The maximum atomic E-state index is 13.2. The molecule has 0 spiro atoms. The lowest BCUT2D eigenvalue weighted by atomic mass is 10.1. The maximum Gasteiger partial charge on any atom is 0.257 e. The number of hydrogen-bond donors (Lipinski definition) is 1. The standard InChI is InChI=1S/C23H26N4O3/c1-16(2)24-21(28)15-26(3)23(29)20-14-27(18-8-6-5-7-9-18)25-22(20)17-10-12-19(30-4)13-11-17/h5-14,16H,15H2,1-4H3,(H,24,28). The van der Waals surface area contributed by atoms with Gasteiger partial charge in [0.2, 0.25) is 5.91 Å². The normalized spacial score (nSPS) is 10.7. The first-order valence-corrected chi connectivity index (χ1v) is 9.73. The Morgan fingerprint density at radius 3 is 2.37 bits per heavy atom. The molecule has 1 N–H and O–H groups in total. The molecule has 0 aliphatic rings. The number of methoxy groups -OCH3 is 1. The fourth-order valence-corrected chi connectivity index (χ4v) is 3.07. The first-order chi connectivity index (χ1) is 14.4. The first kappa shape index (κ1) is 21.1. The lowest BCUT2D eigenvalue weighted by Crippen LogP contribution is -2.40. The Morgan fingerprint density at radius 2 is 1.77 bits per heavy atom. The summed E-state index contributed by atoms with van der Waals surface area (Å²) < 4.78 is 6.90. The molecule has 0 radical (unpaired) electrons. The van der Waals surface area contributed by atoms with Crippen LogP contribution in [0.25, 0.3) is 16.9 Å². The Labute approximate surface area is 176 Å². The third-order valence-electron chi connectivity index (χ3n) is 4.51. The van der Waals surface area contributed by atoms with Gasteiger partial charge in [-0.05, 0) is 50.2 Å². The zero-order valence-corrected chi connectivity index (χ0v) is 17.6. The van der Waals surface area contributed by atoms with E-state index in [1.807, 2.05) is 68.4 Å². The number of rotatable bonds is 7. The Bertz CT molecular complexity index is 1010. The predicted octanol–water partition coefficient (Wildman–Crippen LogP) is 3.14. The number of benzene rings is 2. The highest BCUT2D eigenvalue weighted by Crippen LogP contribution is 2.26. The minimum Gasteiger partial charge on any atom is -0.497 e. The highest BCUT2D eigenvalue weighted by molar-refractivity contribution is 6.01. The molecule has 0 saturated heterocycles. The average Bonchev–Trinajstić information content (AvgIpc) is 3.18. The molecule has 3 aromatic rings. The summed E-state index contributed by atoms with van der Waals surface area (Å²) in [4.78, 5) is 26.7. The summed E-state index contributed by atoms with van der Waals surface area (Å²) in [5.74, 6) is 0.237. The van der Waals surface area contributed by atoms with Crippen molar-refractivity contribution in [2.24, 2.45) is 0 Å². The van der Waals surface area contributed by atoms with E-state index in [9.17, 15) is 9.59 Å². The Hall–Kier alpha value is -3.61. The van der Waals surface area contributed by atoms with E-state index in [-0.39, 0.29) is 24.4 Å². The quantitative estimate of drug-likeness (QED) is 0.654. The van der Waals surface area contributed by atoms with Crippen molar-refractivity contribution >= 4 is 11.8 Å². The van der Waals surface area contributed by atoms with Gasteiger partial charge in [0.1, 0.15) is 11.4 Å². The zero-order valence-electron chi connectivity index (χ0n) is 17.6. The minimum absolute atomic E-state index is 0.0108. The summed E-state index contributed by atoms with van der Waals surface area (Å²) >= 11 is 0. The van der Waals surface area contributed by atoms with Crippen molar-refractivity contribution < 1.29 is 14.3 Å². The molecule has 0 unspecified atom stereocenters. The van der Waals surface area contributed by atoms with Crippen LogP contribution in [0.4, 0.5) is 0 Å². The van der Waals surface area contributed by atoms with Crippen LogP contribution in [-0.4, -0.2) is 53.2 Å². The fraction of sp³-hybridized carbons (Fsp3) is 0.261. The summed E-state index contributed by atoms with van der Waals surface area (Å²) in [5.41, 5.74) is 2.59. The molecule has 0 aliphatic heterocycles. The van der Waals surface area contributed by atoms with Gasteiger partial charge >= 0.3 is 0 Å². The molecule has 156 valence electrons. The van der Waals surface area contributed by atoms with Crippen molar-refractivity contribution in [2.45, 2.75) is 19.9 Å². The molecule has 30 heavy (non-hydrogen) atoms. The van der Waals surface area contributed by atoms with E-state index in [0.717, 1.165) is 17.0 Å². The molecule has 1 heterocycles. The first-order valence-electron chi connectivity index (χ1n) is 9.73. The largest absolute Gasteiger partial charge is 0.497 e. The van der Waals surface area contributed by atoms with Crippen LogP contribution in [-0.2, 0) is 4.79 Å². The second-order valence-electron chi connectivity index (χ2n) is 7.28. The van der Waals surface area contributed by atoms with Gasteiger partial charge < -0.3 is 15.0 Å². The molecule has 0 saturated carbocycles. The van der Waals surface area contributed by atoms with Crippen molar-refractivity contribution in [3.63, 3.8) is 0 Å². The van der Waals surface area contributed by atoms with E-state index < -0.39 is 0 Å². The maximum absolute atomic E-state index is 13.2. The number of nitrogens with zero attached hydrogens (tertiary/aromatic N) is 3. The highest BCUT2D eigenvalue weighted by atomic mass is 16.5. The second kappa shape index (κ2) is 9.26. The van der Waals surface area contributed by atoms with E-state index in [1.54, 1.807) is 25.0 Å². The van der Waals surface area contributed by atoms with Gasteiger partial charge in [0.05, 0.1) is 24.9 Å². The minimum atomic E-state index is -0.276. The van der Waals surface area contributed by atoms with Gasteiger partial charge in [0.25, 0.3) is 5.91 Å². The van der Waals surface area contributed by atoms with Crippen molar-refractivity contribution in [3.05, 3.63) is 66.4 Å². The summed E-state index contributed by atoms with van der Waals surface area (Å²) in [5, 5.41) is 7.47. The topological polar surface area (TPSA) is 76.5 Å². The fourth-order valence-electron chi connectivity index (χ4n) is 3.07. The van der Waals surface area contributed by atoms with Crippen LogP contribution in [0.5, 0.6) is 5.75 Å². The summed E-state index contributed by atoms with van der Waals surface area (Å²) in [6.07, 6.45) is 1.70. The molecule has 2 amide bonds. The van der Waals surface area contributed by atoms with Crippen LogP contribution in [0.15, 0.2) is 60.8 Å². The summed E-state index contributed by atoms with van der Waals surface area (Å²) in [6.45, 7) is 3.73. The van der Waals surface area contributed by atoms with Gasteiger partial charge in [-0.15, -0.1) is 0 Å². The summed E-state index contributed by atoms with van der Waals surface area (Å²) in [6, 6.07) is 17.0. The van der Waals surface area contributed by atoms with Gasteiger partial charge in [0, 0.05) is 24.8 Å².